The quantitative estimate of drug-likeness (QED) is 0.519. The maximum Gasteiger partial charge on any atom is 0.307 e. The molecule has 0 spiro atoms. The third kappa shape index (κ3) is 3.91. The molecule has 10 heteroatoms. The van der Waals surface area contributed by atoms with Gasteiger partial charge in [-0.05, 0) is 36.8 Å². The number of aromatic nitrogens is 4. The highest BCUT2D eigenvalue weighted by Crippen LogP contribution is 2.20. The molecule has 0 atom stereocenters. The maximum absolute atomic E-state index is 12.3. The first-order valence-electron chi connectivity index (χ1n) is 7.20. The molecule has 9 nitrogen and oxygen atoms in total. The summed E-state index contributed by atoms with van der Waals surface area (Å²) in [5.41, 5.74) is 1.76. The van der Waals surface area contributed by atoms with Gasteiger partial charge in [0.25, 0.3) is 5.91 Å². The number of carbonyl (C=O) groups is 1. The smallest absolute Gasteiger partial charge is 0.307 e. The summed E-state index contributed by atoms with van der Waals surface area (Å²) in [6.45, 7) is 2.06. The second-order valence-electron chi connectivity index (χ2n) is 5.29. The second-order valence-corrected chi connectivity index (χ2v) is 6.21. The maximum atomic E-state index is 12.3. The van der Waals surface area contributed by atoms with Crippen molar-refractivity contribution in [3.05, 3.63) is 68.7 Å². The molecule has 25 heavy (non-hydrogen) atoms. The third-order valence-electron chi connectivity index (χ3n) is 3.43. The molecule has 1 N–H and O–H groups in total. The van der Waals surface area contributed by atoms with Crippen molar-refractivity contribution in [2.75, 3.05) is 5.32 Å². The van der Waals surface area contributed by atoms with E-state index in [-0.39, 0.29) is 24.0 Å². The molecule has 0 bridgehead atoms. The molecule has 128 valence electrons. The van der Waals surface area contributed by atoms with E-state index in [9.17, 15) is 14.9 Å². The molecular weight excluding hydrogens is 392 g/mol. The van der Waals surface area contributed by atoms with Crippen molar-refractivity contribution < 1.29 is 9.72 Å². The normalized spacial score (nSPS) is 10.6. The Morgan fingerprint density at radius 3 is 2.84 bits per heavy atom. The highest BCUT2D eigenvalue weighted by Gasteiger charge is 2.13. The zero-order valence-electron chi connectivity index (χ0n) is 13.1. The average molecular weight is 405 g/mol. The first kappa shape index (κ1) is 16.8. The third-order valence-corrected chi connectivity index (χ3v) is 3.92. The number of halogens is 1. The Balaban J connectivity index is 1.69. The van der Waals surface area contributed by atoms with Gasteiger partial charge < -0.3 is 5.32 Å². The summed E-state index contributed by atoms with van der Waals surface area (Å²) in [5.74, 6) is -0.337. The van der Waals surface area contributed by atoms with Crippen molar-refractivity contribution in [3.63, 3.8) is 0 Å². The van der Waals surface area contributed by atoms with Crippen LogP contribution in [0, 0.1) is 17.0 Å². The van der Waals surface area contributed by atoms with Crippen LogP contribution < -0.4 is 5.32 Å². The molecule has 2 heterocycles. The van der Waals surface area contributed by atoms with Gasteiger partial charge in [-0.2, -0.15) is 10.2 Å². The van der Waals surface area contributed by atoms with Crippen LogP contribution in [-0.2, 0) is 6.67 Å². The molecule has 0 unspecified atom stereocenters. The van der Waals surface area contributed by atoms with E-state index in [1.165, 1.54) is 15.6 Å². The zero-order valence-corrected chi connectivity index (χ0v) is 14.7. The van der Waals surface area contributed by atoms with Crippen LogP contribution in [0.3, 0.4) is 0 Å². The summed E-state index contributed by atoms with van der Waals surface area (Å²) in [4.78, 5) is 22.4. The largest absolute Gasteiger partial charge is 0.320 e. The van der Waals surface area contributed by atoms with Crippen molar-refractivity contribution in [1.82, 2.24) is 19.6 Å². The van der Waals surface area contributed by atoms with E-state index in [1.807, 2.05) is 19.1 Å². The zero-order chi connectivity index (χ0) is 18.0. The number of aryl methyl sites for hydroxylation is 1. The number of amides is 1. The number of nitro groups is 1. The first-order valence-corrected chi connectivity index (χ1v) is 7.99. The summed E-state index contributed by atoms with van der Waals surface area (Å²) in [5, 5.41) is 21.5. The van der Waals surface area contributed by atoms with Crippen LogP contribution in [0.4, 0.5) is 11.4 Å². The van der Waals surface area contributed by atoms with Gasteiger partial charge in [-0.25, -0.2) is 4.68 Å². The molecule has 0 radical (unpaired) electrons. The van der Waals surface area contributed by atoms with E-state index in [0.29, 0.717) is 5.69 Å². The molecule has 0 aliphatic heterocycles. The molecule has 1 amide bonds. The van der Waals surface area contributed by atoms with E-state index in [0.717, 1.165) is 16.2 Å². The van der Waals surface area contributed by atoms with Crippen LogP contribution in [0.25, 0.3) is 0 Å². The minimum atomic E-state index is -0.522. The minimum Gasteiger partial charge on any atom is -0.320 e. The lowest BCUT2D eigenvalue weighted by Gasteiger charge is -2.07. The van der Waals surface area contributed by atoms with Crippen LogP contribution in [-0.4, -0.2) is 30.4 Å². The summed E-state index contributed by atoms with van der Waals surface area (Å²) >= 11 is 3.37. The SMILES string of the molecule is Cc1cc(Br)ccc1NC(=O)c1ccn(Cn2cc([N+](=O)[O-])cn2)n1. The Bertz CT molecular complexity index is 948. The summed E-state index contributed by atoms with van der Waals surface area (Å²) in [7, 11) is 0. The number of hydrogen-bond donors (Lipinski definition) is 1. The van der Waals surface area contributed by atoms with Crippen LogP contribution in [0.5, 0.6) is 0 Å². The molecule has 2 aromatic heterocycles. The summed E-state index contributed by atoms with van der Waals surface area (Å²) < 4.78 is 3.77. The Labute approximate surface area is 150 Å². The van der Waals surface area contributed by atoms with E-state index in [2.05, 4.69) is 31.4 Å². The van der Waals surface area contributed by atoms with Crippen molar-refractivity contribution >= 4 is 33.2 Å². The molecule has 0 aliphatic carbocycles. The fraction of sp³-hybridized carbons (Fsp3) is 0.133. The van der Waals surface area contributed by atoms with Gasteiger partial charge in [-0.3, -0.25) is 19.6 Å². The minimum absolute atomic E-state index is 0.101. The van der Waals surface area contributed by atoms with Gasteiger partial charge in [0.1, 0.15) is 19.1 Å². The lowest BCUT2D eigenvalue weighted by atomic mass is 10.2. The number of rotatable bonds is 5. The first-order chi connectivity index (χ1) is 11.9. The van der Waals surface area contributed by atoms with Crippen LogP contribution in [0.2, 0.25) is 0 Å². The summed E-state index contributed by atoms with van der Waals surface area (Å²) in [6, 6.07) is 7.11. The number of benzene rings is 1. The topological polar surface area (TPSA) is 108 Å². The highest BCUT2D eigenvalue weighted by molar-refractivity contribution is 9.10. The molecule has 0 saturated heterocycles. The number of hydrogen-bond acceptors (Lipinski definition) is 5. The molecular formula is C15H13BrN6O3. The fourth-order valence-corrected chi connectivity index (χ4v) is 2.66. The molecule has 0 saturated carbocycles. The predicted molar refractivity (Wildman–Crippen MR) is 93.3 cm³/mol. The number of anilines is 1. The van der Waals surface area contributed by atoms with E-state index in [1.54, 1.807) is 18.3 Å². The van der Waals surface area contributed by atoms with E-state index < -0.39 is 4.92 Å². The van der Waals surface area contributed by atoms with Crippen molar-refractivity contribution in [3.8, 4) is 0 Å². The van der Waals surface area contributed by atoms with Gasteiger partial charge in [0, 0.05) is 16.4 Å². The van der Waals surface area contributed by atoms with Crippen molar-refractivity contribution in [1.29, 1.82) is 0 Å². The van der Waals surface area contributed by atoms with Crippen LogP contribution >= 0.6 is 15.9 Å². The Morgan fingerprint density at radius 2 is 2.16 bits per heavy atom. The van der Waals surface area contributed by atoms with Gasteiger partial charge in [-0.15, -0.1) is 0 Å². The van der Waals surface area contributed by atoms with Crippen molar-refractivity contribution in [2.45, 2.75) is 13.6 Å². The van der Waals surface area contributed by atoms with Crippen LogP contribution in [0.15, 0.2) is 47.3 Å². The molecule has 0 fully saturated rings. The monoisotopic (exact) mass is 404 g/mol. The average Bonchev–Trinajstić information content (AvgIpc) is 3.20. The summed E-state index contributed by atoms with van der Waals surface area (Å²) in [6.07, 6.45) is 4.07. The molecule has 3 aromatic rings. The predicted octanol–water partition coefficient (Wildman–Crippen LogP) is 2.82. The van der Waals surface area contributed by atoms with E-state index >= 15 is 0 Å². The van der Waals surface area contributed by atoms with Gasteiger partial charge in [0.15, 0.2) is 5.69 Å². The van der Waals surface area contributed by atoms with Crippen molar-refractivity contribution in [2.24, 2.45) is 0 Å². The van der Waals surface area contributed by atoms with Gasteiger partial charge in [0.2, 0.25) is 0 Å². The highest BCUT2D eigenvalue weighted by atomic mass is 79.9. The standard InChI is InChI=1S/C15H13BrN6O3/c1-10-6-11(16)2-3-13(10)18-15(23)14-4-5-20(19-14)9-21-8-12(7-17-21)22(24)25/h2-8H,9H2,1H3,(H,18,23). The molecule has 1 aromatic carbocycles. The fourth-order valence-electron chi connectivity index (χ4n) is 2.19. The number of nitrogens with zero attached hydrogens (tertiary/aromatic N) is 5. The lowest BCUT2D eigenvalue weighted by Crippen LogP contribution is -2.15. The number of carbonyl (C=O) groups excluding carboxylic acids is 1. The van der Waals surface area contributed by atoms with Gasteiger partial charge >= 0.3 is 5.69 Å². The number of nitrogens with one attached hydrogen (secondary N) is 1. The Kier molecular flexibility index (Phi) is 4.61. The van der Waals surface area contributed by atoms with Crippen LogP contribution in [0.1, 0.15) is 16.1 Å². The lowest BCUT2D eigenvalue weighted by molar-refractivity contribution is -0.385. The molecule has 3 rings (SSSR count). The Hall–Kier alpha value is -3.01. The van der Waals surface area contributed by atoms with E-state index in [4.69, 9.17) is 0 Å². The van der Waals surface area contributed by atoms with Gasteiger partial charge in [-0.1, -0.05) is 15.9 Å². The second kappa shape index (κ2) is 6.85. The van der Waals surface area contributed by atoms with Gasteiger partial charge in [0.05, 0.1) is 4.92 Å². The Morgan fingerprint density at radius 1 is 1.36 bits per heavy atom. The molecule has 0 aliphatic rings.